The van der Waals surface area contributed by atoms with Crippen LogP contribution in [0.2, 0.25) is 0 Å². The molecule has 1 aromatic heterocycles. The normalized spacial score (nSPS) is 27.2. The summed E-state index contributed by atoms with van der Waals surface area (Å²) in [5, 5.41) is 31.4. The van der Waals surface area contributed by atoms with E-state index in [1.807, 2.05) is 6.92 Å². The third-order valence-corrected chi connectivity index (χ3v) is 3.66. The van der Waals surface area contributed by atoms with Gasteiger partial charge in [0.25, 0.3) is 0 Å². The zero-order valence-corrected chi connectivity index (χ0v) is 13.0. The lowest BCUT2D eigenvalue weighted by Gasteiger charge is -2.18. The molecule has 1 fully saturated rings. The smallest absolute Gasteiger partial charge is 0.351 e. The molecule has 1 amide bonds. The van der Waals surface area contributed by atoms with Gasteiger partial charge in [-0.1, -0.05) is 6.92 Å². The number of aliphatic hydroxyl groups excluding tert-OH is 3. The number of carbonyl (C=O) groups is 1. The first-order valence-electron chi connectivity index (χ1n) is 7.41. The molecule has 0 saturated carbocycles. The highest BCUT2D eigenvalue weighted by Crippen LogP contribution is 2.28. The molecule has 0 radical (unpaired) electrons. The van der Waals surface area contributed by atoms with Crippen LogP contribution in [0, 0.1) is 6.92 Å². The van der Waals surface area contributed by atoms with Crippen LogP contribution in [0.1, 0.15) is 31.6 Å². The van der Waals surface area contributed by atoms with Crippen LogP contribution in [0.3, 0.4) is 0 Å². The number of amides is 1. The molecule has 0 aliphatic carbocycles. The summed E-state index contributed by atoms with van der Waals surface area (Å²) in [5.41, 5.74) is -0.232. The number of nitrogens with one attached hydrogen (secondary N) is 1. The third-order valence-electron chi connectivity index (χ3n) is 3.66. The highest BCUT2D eigenvalue weighted by molar-refractivity contribution is 5.90. The lowest BCUT2D eigenvalue weighted by atomic mass is 10.1. The minimum absolute atomic E-state index is 0.149. The van der Waals surface area contributed by atoms with Gasteiger partial charge in [0.2, 0.25) is 5.91 Å². The Labute approximate surface area is 132 Å². The Morgan fingerprint density at radius 2 is 2.13 bits per heavy atom. The fraction of sp³-hybridized carbons (Fsp3) is 0.643. The number of aromatic nitrogens is 2. The average Bonchev–Trinajstić information content (AvgIpc) is 2.78. The molecular weight excluding hydrogens is 306 g/mol. The van der Waals surface area contributed by atoms with E-state index in [0.717, 1.165) is 4.57 Å². The molecule has 4 N–H and O–H groups in total. The van der Waals surface area contributed by atoms with E-state index in [1.165, 1.54) is 6.20 Å². The first kappa shape index (κ1) is 17.5. The van der Waals surface area contributed by atoms with Crippen LogP contribution >= 0.6 is 0 Å². The van der Waals surface area contributed by atoms with Gasteiger partial charge in [-0.05, 0) is 13.3 Å². The van der Waals surface area contributed by atoms with Crippen molar-refractivity contribution in [1.29, 1.82) is 0 Å². The number of carbonyl (C=O) groups excluding carboxylic acids is 1. The number of anilines is 1. The molecule has 2 rings (SSSR count). The summed E-state index contributed by atoms with van der Waals surface area (Å²) in [7, 11) is 0. The van der Waals surface area contributed by atoms with Crippen LogP contribution < -0.4 is 11.0 Å². The Hall–Kier alpha value is -1.81. The van der Waals surface area contributed by atoms with Crippen LogP contribution in [0.15, 0.2) is 11.0 Å². The van der Waals surface area contributed by atoms with Crippen molar-refractivity contribution in [3.05, 3.63) is 22.2 Å². The summed E-state index contributed by atoms with van der Waals surface area (Å²) < 4.78 is 6.34. The maximum absolute atomic E-state index is 12.1. The molecule has 9 nitrogen and oxygen atoms in total. The second-order valence-corrected chi connectivity index (χ2v) is 5.49. The second-order valence-electron chi connectivity index (χ2n) is 5.49. The van der Waals surface area contributed by atoms with Crippen LogP contribution in [0.25, 0.3) is 0 Å². The molecule has 1 aromatic rings. The fourth-order valence-electron chi connectivity index (χ4n) is 2.41. The van der Waals surface area contributed by atoms with Crippen molar-refractivity contribution in [3.8, 4) is 0 Å². The van der Waals surface area contributed by atoms with Gasteiger partial charge in [0.05, 0.1) is 6.61 Å². The van der Waals surface area contributed by atoms with E-state index in [-0.39, 0.29) is 11.7 Å². The van der Waals surface area contributed by atoms with E-state index in [0.29, 0.717) is 18.4 Å². The highest BCUT2D eigenvalue weighted by Gasteiger charge is 2.43. The van der Waals surface area contributed by atoms with Crippen LogP contribution in [-0.4, -0.2) is 55.7 Å². The minimum atomic E-state index is -1.37. The topological polar surface area (TPSA) is 134 Å². The number of aryl methyl sites for hydroxylation is 1. The van der Waals surface area contributed by atoms with Gasteiger partial charge in [0, 0.05) is 18.2 Å². The molecular formula is C14H21N3O6. The van der Waals surface area contributed by atoms with E-state index in [4.69, 9.17) is 9.84 Å². The number of hydrogen-bond acceptors (Lipinski definition) is 7. The Morgan fingerprint density at radius 3 is 2.70 bits per heavy atom. The minimum Gasteiger partial charge on any atom is -0.394 e. The maximum Gasteiger partial charge on any atom is 0.351 e. The van der Waals surface area contributed by atoms with Crippen molar-refractivity contribution in [1.82, 2.24) is 9.55 Å². The Morgan fingerprint density at radius 1 is 1.43 bits per heavy atom. The molecule has 0 bridgehead atoms. The lowest BCUT2D eigenvalue weighted by Crippen LogP contribution is -2.36. The molecule has 9 heteroatoms. The van der Waals surface area contributed by atoms with Gasteiger partial charge in [0.1, 0.15) is 24.1 Å². The molecule has 4 atom stereocenters. The first-order valence-corrected chi connectivity index (χ1v) is 7.41. The van der Waals surface area contributed by atoms with E-state index < -0.39 is 36.8 Å². The second kappa shape index (κ2) is 7.18. The number of ether oxygens (including phenoxy) is 1. The largest absolute Gasteiger partial charge is 0.394 e. The number of nitrogens with zero attached hydrogens (tertiary/aromatic N) is 2. The lowest BCUT2D eigenvalue weighted by molar-refractivity contribution is -0.116. The Balaban J connectivity index is 2.27. The van der Waals surface area contributed by atoms with Gasteiger partial charge < -0.3 is 25.4 Å². The first-order chi connectivity index (χ1) is 10.9. The standard InChI is InChI=1S/C14H21N3O6/c1-3-4-9(19)15-12-7(2)5-17(14(22)16-12)13-11(21)10(20)8(6-18)23-13/h5,8,10-11,13,18,20-21H,3-4,6H2,1-2H3,(H,15,16,19,22)/t8-,10-,11-,13-/m1/s1. The van der Waals surface area contributed by atoms with E-state index in [9.17, 15) is 19.8 Å². The summed E-state index contributed by atoms with van der Waals surface area (Å²) in [6.45, 7) is 3.02. The van der Waals surface area contributed by atoms with Gasteiger partial charge in [-0.15, -0.1) is 0 Å². The summed E-state index contributed by atoms with van der Waals surface area (Å²) >= 11 is 0. The number of aliphatic hydroxyl groups is 3. The predicted octanol–water partition coefficient (Wildman–Crippen LogP) is -1.10. The average molecular weight is 327 g/mol. The van der Waals surface area contributed by atoms with Gasteiger partial charge in [0.15, 0.2) is 6.23 Å². The quantitative estimate of drug-likeness (QED) is 0.539. The Bertz CT molecular complexity index is 631. The van der Waals surface area contributed by atoms with Crippen molar-refractivity contribution in [2.24, 2.45) is 0 Å². The van der Waals surface area contributed by atoms with Crippen molar-refractivity contribution in [3.63, 3.8) is 0 Å². The molecule has 2 heterocycles. The summed E-state index contributed by atoms with van der Waals surface area (Å²) in [6, 6.07) is 0. The van der Waals surface area contributed by atoms with Crippen molar-refractivity contribution < 1.29 is 24.9 Å². The van der Waals surface area contributed by atoms with Gasteiger partial charge in [-0.2, -0.15) is 4.98 Å². The maximum atomic E-state index is 12.1. The molecule has 0 aromatic carbocycles. The highest BCUT2D eigenvalue weighted by atomic mass is 16.6. The van der Waals surface area contributed by atoms with Crippen molar-refractivity contribution >= 4 is 11.7 Å². The predicted molar refractivity (Wildman–Crippen MR) is 79.8 cm³/mol. The molecule has 128 valence electrons. The van der Waals surface area contributed by atoms with E-state index in [1.54, 1.807) is 6.92 Å². The zero-order valence-electron chi connectivity index (χ0n) is 13.0. The van der Waals surface area contributed by atoms with Crippen molar-refractivity contribution in [2.75, 3.05) is 11.9 Å². The van der Waals surface area contributed by atoms with Crippen LogP contribution in [-0.2, 0) is 9.53 Å². The monoisotopic (exact) mass is 327 g/mol. The molecule has 1 aliphatic heterocycles. The van der Waals surface area contributed by atoms with Crippen LogP contribution in [0.5, 0.6) is 0 Å². The van der Waals surface area contributed by atoms with Gasteiger partial charge in [-0.25, -0.2) is 4.79 Å². The van der Waals surface area contributed by atoms with Crippen LogP contribution in [0.4, 0.5) is 5.82 Å². The summed E-state index contributed by atoms with van der Waals surface area (Å²) in [4.78, 5) is 27.5. The SMILES string of the molecule is CCCC(=O)Nc1nc(=O)n([C@@H]2O[C@H](CO)[C@@H](O)[C@H]2O)cc1C. The molecule has 1 saturated heterocycles. The summed E-state index contributed by atoms with van der Waals surface area (Å²) in [6.07, 6.45) is -2.43. The number of rotatable bonds is 5. The molecule has 23 heavy (non-hydrogen) atoms. The van der Waals surface area contributed by atoms with E-state index >= 15 is 0 Å². The van der Waals surface area contributed by atoms with Gasteiger partial charge in [-0.3, -0.25) is 9.36 Å². The third kappa shape index (κ3) is 3.58. The number of hydrogen-bond donors (Lipinski definition) is 4. The van der Waals surface area contributed by atoms with E-state index in [2.05, 4.69) is 10.3 Å². The molecule has 0 spiro atoms. The molecule has 0 unspecified atom stereocenters. The van der Waals surface area contributed by atoms with Crippen molar-refractivity contribution in [2.45, 2.75) is 51.2 Å². The Kier molecular flexibility index (Phi) is 5.47. The molecule has 1 aliphatic rings. The van der Waals surface area contributed by atoms with Gasteiger partial charge >= 0.3 is 5.69 Å². The zero-order chi connectivity index (χ0) is 17.1. The fourth-order valence-corrected chi connectivity index (χ4v) is 2.41. The summed E-state index contributed by atoms with van der Waals surface area (Å²) in [5.74, 6) is -0.0930.